The van der Waals surface area contributed by atoms with E-state index in [-0.39, 0.29) is 5.56 Å². The zero-order chi connectivity index (χ0) is 13.7. The smallest absolute Gasteiger partial charge is 0.337 e. The van der Waals surface area contributed by atoms with Gasteiger partial charge in [0.2, 0.25) is 0 Å². The van der Waals surface area contributed by atoms with Crippen molar-refractivity contribution >= 4 is 17.3 Å². The van der Waals surface area contributed by atoms with E-state index in [1.807, 2.05) is 0 Å². The summed E-state index contributed by atoms with van der Waals surface area (Å²) in [6, 6.07) is 5.32. The number of nitrogens with two attached hydrogens (primary N) is 1. The molecule has 0 aliphatic rings. The van der Waals surface area contributed by atoms with Crippen LogP contribution in [0.2, 0.25) is 0 Å². The Morgan fingerprint density at radius 1 is 1.33 bits per heavy atom. The zero-order valence-corrected chi connectivity index (χ0v) is 11.2. The Bertz CT molecular complexity index is 416. The highest BCUT2D eigenvalue weighted by atomic mass is 16.4. The highest BCUT2D eigenvalue weighted by molar-refractivity contribution is 5.94. The van der Waals surface area contributed by atoms with Gasteiger partial charge in [-0.2, -0.15) is 0 Å². The molecule has 4 heteroatoms. The van der Waals surface area contributed by atoms with Gasteiger partial charge in [-0.15, -0.1) is 0 Å². The van der Waals surface area contributed by atoms with Crippen LogP contribution in [0, 0.1) is 5.92 Å². The molecule has 0 amide bonds. The molecule has 0 heterocycles. The fourth-order valence-corrected chi connectivity index (χ4v) is 1.79. The van der Waals surface area contributed by atoms with Crippen molar-refractivity contribution in [1.29, 1.82) is 0 Å². The zero-order valence-electron chi connectivity index (χ0n) is 11.2. The third-order valence-corrected chi connectivity index (χ3v) is 2.87. The van der Waals surface area contributed by atoms with Gasteiger partial charge in [0.05, 0.1) is 5.56 Å². The van der Waals surface area contributed by atoms with Gasteiger partial charge in [0, 0.05) is 17.4 Å². The number of carboxylic acids is 1. The Morgan fingerprint density at radius 3 is 2.50 bits per heavy atom. The molecule has 0 aliphatic carbocycles. The second-order valence-corrected chi connectivity index (χ2v) is 5.12. The topological polar surface area (TPSA) is 75.3 Å². The molecule has 1 aromatic rings. The number of aromatic carboxylic acids is 1. The van der Waals surface area contributed by atoms with Crippen molar-refractivity contribution in [2.75, 3.05) is 11.1 Å². The average Bonchev–Trinajstić information content (AvgIpc) is 2.26. The van der Waals surface area contributed by atoms with Crippen LogP contribution in [0.1, 0.15) is 44.0 Å². The molecule has 18 heavy (non-hydrogen) atoms. The average molecular weight is 250 g/mol. The van der Waals surface area contributed by atoms with Gasteiger partial charge in [0.25, 0.3) is 0 Å². The lowest BCUT2D eigenvalue weighted by Gasteiger charge is -2.17. The summed E-state index contributed by atoms with van der Waals surface area (Å²) in [7, 11) is 0. The van der Waals surface area contributed by atoms with E-state index < -0.39 is 5.97 Å². The third kappa shape index (κ3) is 4.28. The maximum Gasteiger partial charge on any atom is 0.337 e. The van der Waals surface area contributed by atoms with E-state index in [0.717, 1.165) is 18.5 Å². The molecule has 4 nitrogen and oxygen atoms in total. The highest BCUT2D eigenvalue weighted by Gasteiger charge is 2.09. The van der Waals surface area contributed by atoms with Crippen LogP contribution in [0.3, 0.4) is 0 Å². The molecule has 1 atom stereocenters. The highest BCUT2D eigenvalue weighted by Crippen LogP contribution is 2.20. The molecular weight excluding hydrogens is 228 g/mol. The maximum atomic E-state index is 10.8. The predicted octanol–water partition coefficient (Wildman–Crippen LogP) is 3.20. The molecule has 0 radical (unpaired) electrons. The van der Waals surface area contributed by atoms with Crippen LogP contribution in [0.15, 0.2) is 18.2 Å². The van der Waals surface area contributed by atoms with Gasteiger partial charge >= 0.3 is 5.97 Å². The molecule has 0 bridgehead atoms. The Balaban J connectivity index is 2.63. The number of hydrogen-bond donors (Lipinski definition) is 3. The van der Waals surface area contributed by atoms with Crippen LogP contribution >= 0.6 is 0 Å². The van der Waals surface area contributed by atoms with E-state index in [4.69, 9.17) is 10.8 Å². The lowest BCUT2D eigenvalue weighted by atomic mass is 10.0. The summed E-state index contributed by atoms with van der Waals surface area (Å²) in [6.07, 6.45) is 2.25. The molecule has 0 spiro atoms. The van der Waals surface area contributed by atoms with Crippen LogP contribution in [-0.4, -0.2) is 17.1 Å². The van der Waals surface area contributed by atoms with Crippen molar-refractivity contribution in [2.45, 2.75) is 39.7 Å². The Morgan fingerprint density at radius 2 is 2.00 bits per heavy atom. The van der Waals surface area contributed by atoms with Crippen molar-refractivity contribution in [1.82, 2.24) is 0 Å². The summed E-state index contributed by atoms with van der Waals surface area (Å²) >= 11 is 0. The first kappa shape index (κ1) is 14.4. The Kier molecular flexibility index (Phi) is 5.01. The number of nitrogen functional groups attached to an aromatic ring is 1. The van der Waals surface area contributed by atoms with Crippen molar-refractivity contribution in [2.24, 2.45) is 5.92 Å². The number of anilines is 2. The standard InChI is InChI=1S/C14H22N2O2/c1-9(2)4-5-10(3)16-11-6-7-12(14(17)18)13(15)8-11/h6-10,16H,4-5,15H2,1-3H3,(H,17,18). The third-order valence-electron chi connectivity index (χ3n) is 2.87. The van der Waals surface area contributed by atoms with Crippen molar-refractivity contribution < 1.29 is 9.90 Å². The van der Waals surface area contributed by atoms with Gasteiger partial charge < -0.3 is 16.2 Å². The maximum absolute atomic E-state index is 10.8. The van der Waals surface area contributed by atoms with Crippen molar-refractivity contribution in [3.63, 3.8) is 0 Å². The van der Waals surface area contributed by atoms with Crippen LogP contribution in [0.4, 0.5) is 11.4 Å². The number of carboxylic acid groups (broad SMARTS) is 1. The largest absolute Gasteiger partial charge is 0.478 e. The predicted molar refractivity (Wildman–Crippen MR) is 75.0 cm³/mol. The molecule has 1 unspecified atom stereocenters. The van der Waals surface area contributed by atoms with Gasteiger partial charge in [-0.1, -0.05) is 13.8 Å². The Labute approximate surface area is 108 Å². The Hall–Kier alpha value is -1.71. The molecule has 0 saturated heterocycles. The molecule has 100 valence electrons. The minimum atomic E-state index is -0.994. The van der Waals surface area contributed by atoms with E-state index in [0.29, 0.717) is 17.6 Å². The summed E-state index contributed by atoms with van der Waals surface area (Å²) in [5, 5.41) is 12.2. The minimum absolute atomic E-state index is 0.149. The molecule has 0 aliphatic heterocycles. The van der Waals surface area contributed by atoms with Crippen LogP contribution in [0.5, 0.6) is 0 Å². The monoisotopic (exact) mass is 250 g/mol. The second kappa shape index (κ2) is 6.28. The summed E-state index contributed by atoms with van der Waals surface area (Å²) in [4.78, 5) is 10.8. The number of rotatable bonds is 6. The summed E-state index contributed by atoms with van der Waals surface area (Å²) < 4.78 is 0. The molecule has 4 N–H and O–H groups in total. The number of carbonyl (C=O) groups is 1. The molecule has 0 saturated carbocycles. The fourth-order valence-electron chi connectivity index (χ4n) is 1.79. The van der Waals surface area contributed by atoms with Gasteiger partial charge in [0.15, 0.2) is 0 Å². The van der Waals surface area contributed by atoms with Crippen LogP contribution in [0.25, 0.3) is 0 Å². The first-order chi connectivity index (χ1) is 8.40. The van der Waals surface area contributed by atoms with E-state index in [2.05, 4.69) is 26.1 Å². The van der Waals surface area contributed by atoms with Gasteiger partial charge in [-0.05, 0) is 43.9 Å². The van der Waals surface area contributed by atoms with Crippen LogP contribution < -0.4 is 11.1 Å². The quantitative estimate of drug-likeness (QED) is 0.678. The van der Waals surface area contributed by atoms with Gasteiger partial charge in [-0.3, -0.25) is 0 Å². The van der Waals surface area contributed by atoms with E-state index >= 15 is 0 Å². The second-order valence-electron chi connectivity index (χ2n) is 5.12. The van der Waals surface area contributed by atoms with E-state index in [1.54, 1.807) is 12.1 Å². The number of hydrogen-bond acceptors (Lipinski definition) is 3. The first-order valence-electron chi connectivity index (χ1n) is 6.29. The number of nitrogens with one attached hydrogen (secondary N) is 1. The lowest BCUT2D eigenvalue weighted by molar-refractivity contribution is 0.0698. The lowest BCUT2D eigenvalue weighted by Crippen LogP contribution is -2.16. The van der Waals surface area contributed by atoms with Gasteiger partial charge in [0.1, 0.15) is 0 Å². The normalized spacial score (nSPS) is 12.4. The van der Waals surface area contributed by atoms with E-state index in [1.165, 1.54) is 6.07 Å². The van der Waals surface area contributed by atoms with Gasteiger partial charge in [-0.25, -0.2) is 4.79 Å². The molecule has 0 fully saturated rings. The molecule has 1 rings (SSSR count). The SMILES string of the molecule is CC(C)CCC(C)Nc1ccc(C(=O)O)c(N)c1. The number of benzene rings is 1. The molecule has 1 aromatic carbocycles. The molecular formula is C14H22N2O2. The minimum Gasteiger partial charge on any atom is -0.478 e. The summed E-state index contributed by atoms with van der Waals surface area (Å²) in [5.74, 6) is -0.305. The summed E-state index contributed by atoms with van der Waals surface area (Å²) in [6.45, 7) is 6.52. The van der Waals surface area contributed by atoms with Crippen LogP contribution in [-0.2, 0) is 0 Å². The van der Waals surface area contributed by atoms with E-state index in [9.17, 15) is 4.79 Å². The molecule has 0 aromatic heterocycles. The summed E-state index contributed by atoms with van der Waals surface area (Å²) in [5.41, 5.74) is 7.01. The fraction of sp³-hybridized carbons (Fsp3) is 0.500. The first-order valence-corrected chi connectivity index (χ1v) is 6.29. The van der Waals surface area contributed by atoms with Crippen molar-refractivity contribution in [3.8, 4) is 0 Å². The van der Waals surface area contributed by atoms with Crippen molar-refractivity contribution in [3.05, 3.63) is 23.8 Å².